The summed E-state index contributed by atoms with van der Waals surface area (Å²) < 4.78 is 4.41. The van der Waals surface area contributed by atoms with Crippen LogP contribution < -0.4 is 0 Å². The fourth-order valence-corrected chi connectivity index (χ4v) is 9.10. The fourth-order valence-electron chi connectivity index (χ4n) is 9.10. The Morgan fingerprint density at radius 2 is 0.887 bits per heavy atom. The zero-order valence-corrected chi connectivity index (χ0v) is 33.2. The second kappa shape index (κ2) is 14.2. The number of aromatic nitrogens is 6. The number of rotatable bonds is 6. The van der Waals surface area contributed by atoms with E-state index in [0.717, 1.165) is 77.7 Å². The van der Waals surface area contributed by atoms with Crippen molar-refractivity contribution in [3.8, 4) is 62.5 Å². The van der Waals surface area contributed by atoms with E-state index in [0.29, 0.717) is 11.5 Å². The van der Waals surface area contributed by atoms with Gasteiger partial charge in [0, 0.05) is 50.8 Å². The van der Waals surface area contributed by atoms with Gasteiger partial charge in [-0.05, 0) is 99.8 Å². The topological polar surface area (TPSA) is 85.2 Å². The summed E-state index contributed by atoms with van der Waals surface area (Å²) in [6, 6.07) is 63.3. The van der Waals surface area contributed by atoms with E-state index in [9.17, 15) is 5.26 Å². The Kier molecular flexibility index (Phi) is 8.09. The third-order valence-corrected chi connectivity index (χ3v) is 12.0. The summed E-state index contributed by atoms with van der Waals surface area (Å²) in [5.41, 5.74) is 13.9. The van der Waals surface area contributed by atoms with Crippen LogP contribution in [0.25, 0.3) is 111 Å². The maximum absolute atomic E-state index is 9.47. The lowest BCUT2D eigenvalue weighted by Crippen LogP contribution is -2.04. The summed E-state index contributed by atoms with van der Waals surface area (Å²) in [5.74, 6) is 0.543. The monoisotopic (exact) mass is 791 g/mol. The molecule has 7 aromatic carbocycles. The SMILES string of the molecule is N#Cc1ccc(-c2cc(-c3ccccc3)nc(-n3c4ccc(-c5ccc(-c6ccc7c(c6)c6ccncc6n7-c6ccccc6)c6ccccc56)cc4c4ccncc43)n2)cc1. The van der Waals surface area contributed by atoms with Crippen molar-refractivity contribution >= 4 is 54.4 Å². The fraction of sp³-hybridized carbons (Fsp3) is 0. The van der Waals surface area contributed by atoms with Crippen LogP contribution >= 0.6 is 0 Å². The second-order valence-corrected chi connectivity index (χ2v) is 15.5. The van der Waals surface area contributed by atoms with E-state index in [1.165, 1.54) is 27.1 Å². The third kappa shape index (κ3) is 5.66. The highest BCUT2D eigenvalue weighted by molar-refractivity contribution is 6.14. The first-order valence-electron chi connectivity index (χ1n) is 20.5. The van der Waals surface area contributed by atoms with Crippen molar-refractivity contribution in [1.82, 2.24) is 29.1 Å². The zero-order valence-electron chi connectivity index (χ0n) is 33.2. The molecule has 12 rings (SSSR count). The first-order chi connectivity index (χ1) is 30.7. The highest BCUT2D eigenvalue weighted by atomic mass is 15.2. The van der Waals surface area contributed by atoms with Crippen molar-refractivity contribution in [1.29, 1.82) is 5.26 Å². The molecule has 0 atom stereocenters. The first-order valence-corrected chi connectivity index (χ1v) is 20.5. The normalized spacial score (nSPS) is 11.5. The highest BCUT2D eigenvalue weighted by Gasteiger charge is 2.20. The minimum Gasteiger partial charge on any atom is -0.308 e. The molecule has 7 nitrogen and oxygen atoms in total. The number of nitrogens with zero attached hydrogens (tertiary/aromatic N) is 7. The minimum atomic E-state index is 0.543. The molecule has 0 saturated heterocycles. The molecule has 0 fully saturated rings. The number of hydrogen-bond acceptors (Lipinski definition) is 5. The van der Waals surface area contributed by atoms with Crippen LogP contribution in [-0.4, -0.2) is 29.1 Å². The molecule has 5 aromatic heterocycles. The summed E-state index contributed by atoms with van der Waals surface area (Å²) in [4.78, 5) is 19.4. The number of fused-ring (bicyclic) bond motifs is 7. The molecular weight excluding hydrogens is 759 g/mol. The Bertz CT molecular complexity index is 3750. The van der Waals surface area contributed by atoms with Gasteiger partial charge in [-0.3, -0.25) is 14.5 Å². The molecule has 0 saturated carbocycles. The van der Waals surface area contributed by atoms with E-state index in [-0.39, 0.29) is 0 Å². The lowest BCUT2D eigenvalue weighted by atomic mass is 9.91. The van der Waals surface area contributed by atoms with Crippen LogP contribution in [0.5, 0.6) is 0 Å². The summed E-state index contributed by atoms with van der Waals surface area (Å²) in [6.07, 6.45) is 7.57. The molecular formula is C55H33N7. The van der Waals surface area contributed by atoms with E-state index >= 15 is 0 Å². The maximum Gasteiger partial charge on any atom is 0.235 e. The number of benzene rings is 7. The van der Waals surface area contributed by atoms with E-state index in [2.05, 4.69) is 146 Å². The average molecular weight is 792 g/mol. The van der Waals surface area contributed by atoms with Crippen LogP contribution in [0.3, 0.4) is 0 Å². The van der Waals surface area contributed by atoms with Crippen LogP contribution in [0.4, 0.5) is 0 Å². The van der Waals surface area contributed by atoms with Gasteiger partial charge in [-0.15, -0.1) is 0 Å². The molecule has 7 heteroatoms. The van der Waals surface area contributed by atoms with Crippen molar-refractivity contribution in [2.75, 3.05) is 0 Å². The summed E-state index contributed by atoms with van der Waals surface area (Å²) in [5, 5.41) is 16.3. The Labute approximate surface area is 356 Å². The quantitative estimate of drug-likeness (QED) is 0.167. The van der Waals surface area contributed by atoms with Crippen LogP contribution in [0, 0.1) is 11.3 Å². The zero-order chi connectivity index (χ0) is 41.1. The van der Waals surface area contributed by atoms with Crippen molar-refractivity contribution in [3.63, 3.8) is 0 Å². The largest absolute Gasteiger partial charge is 0.308 e. The molecule has 0 aliphatic rings. The van der Waals surface area contributed by atoms with Gasteiger partial charge in [0.15, 0.2) is 0 Å². The van der Waals surface area contributed by atoms with Gasteiger partial charge in [0.25, 0.3) is 0 Å². The predicted molar refractivity (Wildman–Crippen MR) is 250 cm³/mol. The number of para-hydroxylation sites is 1. The summed E-state index contributed by atoms with van der Waals surface area (Å²) in [6.45, 7) is 0. The average Bonchev–Trinajstić information content (AvgIpc) is 3.86. The Morgan fingerprint density at radius 3 is 1.47 bits per heavy atom. The van der Waals surface area contributed by atoms with Crippen molar-refractivity contribution in [2.45, 2.75) is 0 Å². The molecule has 62 heavy (non-hydrogen) atoms. The molecule has 0 aliphatic heterocycles. The summed E-state index contributed by atoms with van der Waals surface area (Å²) >= 11 is 0. The third-order valence-electron chi connectivity index (χ3n) is 12.0. The second-order valence-electron chi connectivity index (χ2n) is 15.5. The molecule has 12 aromatic rings. The van der Waals surface area contributed by atoms with Gasteiger partial charge >= 0.3 is 0 Å². The molecule has 0 bridgehead atoms. The highest BCUT2D eigenvalue weighted by Crippen LogP contribution is 2.41. The van der Waals surface area contributed by atoms with Crippen LogP contribution in [0.1, 0.15) is 5.56 Å². The van der Waals surface area contributed by atoms with Gasteiger partial charge in [0.1, 0.15) is 0 Å². The van der Waals surface area contributed by atoms with Crippen LogP contribution in [0.15, 0.2) is 201 Å². The molecule has 0 amide bonds. The van der Waals surface area contributed by atoms with E-state index < -0.39 is 0 Å². The minimum absolute atomic E-state index is 0.543. The van der Waals surface area contributed by atoms with Crippen molar-refractivity contribution in [2.24, 2.45) is 0 Å². The first kappa shape index (κ1) is 35.2. The summed E-state index contributed by atoms with van der Waals surface area (Å²) in [7, 11) is 0. The Morgan fingerprint density at radius 1 is 0.387 bits per heavy atom. The van der Waals surface area contributed by atoms with Gasteiger partial charge < -0.3 is 4.57 Å². The van der Waals surface area contributed by atoms with Gasteiger partial charge in [0.05, 0.1) is 57.5 Å². The van der Waals surface area contributed by atoms with Gasteiger partial charge in [-0.1, -0.05) is 109 Å². The molecule has 0 radical (unpaired) electrons. The predicted octanol–water partition coefficient (Wildman–Crippen LogP) is 13.2. The molecule has 288 valence electrons. The van der Waals surface area contributed by atoms with Gasteiger partial charge in [0.2, 0.25) is 5.95 Å². The standard InChI is InChI=1S/C55H33N7/c56-32-35-15-17-37(18-16-35)50-31-49(36-9-3-1-4-10-36)59-55(60-50)62-52-24-20-39(30-48(52)46-26-28-58-34-54(46)62)42-22-21-41(43-13-7-8-14-44(42)43)38-19-23-51-47(29-38)45-25-27-57-33-53(45)61(51)40-11-5-2-6-12-40/h1-31,33-34H. The van der Waals surface area contributed by atoms with Crippen LogP contribution in [-0.2, 0) is 0 Å². The number of nitriles is 1. The molecule has 0 aliphatic carbocycles. The molecule has 5 heterocycles. The Hall–Kier alpha value is -8.73. The van der Waals surface area contributed by atoms with Gasteiger partial charge in [-0.2, -0.15) is 5.26 Å². The van der Waals surface area contributed by atoms with E-state index in [1.807, 2.05) is 79.4 Å². The molecule has 0 unspecified atom stereocenters. The van der Waals surface area contributed by atoms with Crippen molar-refractivity contribution in [3.05, 3.63) is 206 Å². The number of pyridine rings is 2. The smallest absolute Gasteiger partial charge is 0.235 e. The van der Waals surface area contributed by atoms with Crippen molar-refractivity contribution < 1.29 is 0 Å². The Balaban J connectivity index is 1.01. The number of hydrogen-bond donors (Lipinski definition) is 0. The maximum atomic E-state index is 9.47. The van der Waals surface area contributed by atoms with Crippen LogP contribution in [0.2, 0.25) is 0 Å². The molecule has 0 N–H and O–H groups in total. The van der Waals surface area contributed by atoms with E-state index in [4.69, 9.17) is 9.97 Å². The van der Waals surface area contributed by atoms with Gasteiger partial charge in [-0.25, -0.2) is 9.97 Å². The van der Waals surface area contributed by atoms with E-state index in [1.54, 1.807) is 0 Å². The molecule has 0 spiro atoms. The lowest BCUT2D eigenvalue weighted by molar-refractivity contribution is 0.993. The lowest BCUT2D eigenvalue weighted by Gasteiger charge is -2.14.